The number of sulfonamides is 1. The lowest BCUT2D eigenvalue weighted by atomic mass is 10.1. The van der Waals surface area contributed by atoms with E-state index < -0.39 is 10.0 Å². The Labute approximate surface area is 177 Å². The number of amides is 1. The average Bonchev–Trinajstić information content (AvgIpc) is 2.77. The monoisotopic (exact) mass is 436 g/mol. The zero-order valence-electron chi connectivity index (χ0n) is 17.7. The molecule has 0 radical (unpaired) electrons. The van der Waals surface area contributed by atoms with Crippen molar-refractivity contribution in [2.75, 3.05) is 34.9 Å². The van der Waals surface area contributed by atoms with E-state index in [0.717, 1.165) is 5.56 Å². The van der Waals surface area contributed by atoms with E-state index in [1.54, 1.807) is 42.5 Å². The Morgan fingerprint density at radius 2 is 1.63 bits per heavy atom. The van der Waals surface area contributed by atoms with E-state index in [2.05, 4.69) is 5.32 Å². The summed E-state index contributed by atoms with van der Waals surface area (Å²) in [6.07, 6.45) is 0.599. The Hall–Kier alpha value is -2.78. The predicted molar refractivity (Wildman–Crippen MR) is 113 cm³/mol. The maximum atomic E-state index is 12.5. The van der Waals surface area contributed by atoms with Crippen molar-refractivity contribution in [2.24, 2.45) is 0 Å². The van der Waals surface area contributed by atoms with Crippen molar-refractivity contribution in [3.05, 3.63) is 48.0 Å². The molecule has 0 aromatic heterocycles. The molecule has 0 bridgehead atoms. The molecule has 0 aliphatic heterocycles. The molecule has 2 aromatic carbocycles. The van der Waals surface area contributed by atoms with E-state index in [4.69, 9.17) is 14.2 Å². The number of nitrogens with one attached hydrogen (secondary N) is 1. The minimum absolute atomic E-state index is 0.183. The predicted octanol–water partition coefficient (Wildman–Crippen LogP) is 2.43. The minimum atomic E-state index is -3.56. The highest BCUT2D eigenvalue weighted by Gasteiger charge is 2.20. The average molecular weight is 437 g/mol. The standard InChI is InChI=1S/C21H28N2O6S/c1-23(30(25,26)17-9-6-5-7-10-17)14-8-11-19(24)22-15-16-12-13-18(27-2)21(29-4)20(16)28-3/h5-7,9-10,12-13H,8,11,14-15H2,1-4H3,(H,22,24). The quantitative estimate of drug-likeness (QED) is 0.581. The summed E-state index contributed by atoms with van der Waals surface area (Å²) in [5, 5.41) is 2.82. The Bertz CT molecular complexity index is 947. The summed E-state index contributed by atoms with van der Waals surface area (Å²) in [6, 6.07) is 11.8. The molecule has 9 heteroatoms. The molecule has 1 amide bonds. The lowest BCUT2D eigenvalue weighted by Crippen LogP contribution is -2.29. The Morgan fingerprint density at radius 3 is 2.23 bits per heavy atom. The molecule has 0 aliphatic carbocycles. The molecular formula is C21H28N2O6S. The molecule has 0 fully saturated rings. The highest BCUT2D eigenvalue weighted by molar-refractivity contribution is 7.89. The lowest BCUT2D eigenvalue weighted by molar-refractivity contribution is -0.121. The fraction of sp³-hybridized carbons (Fsp3) is 0.381. The molecule has 0 saturated carbocycles. The van der Waals surface area contributed by atoms with Crippen LogP contribution in [0.15, 0.2) is 47.4 Å². The van der Waals surface area contributed by atoms with Gasteiger partial charge in [-0.05, 0) is 30.7 Å². The van der Waals surface area contributed by atoms with Crippen LogP contribution in [-0.2, 0) is 21.4 Å². The van der Waals surface area contributed by atoms with Gasteiger partial charge in [-0.3, -0.25) is 4.79 Å². The first kappa shape index (κ1) is 23.5. The summed E-state index contributed by atoms with van der Waals surface area (Å²) in [5.74, 6) is 1.30. The van der Waals surface area contributed by atoms with E-state index in [1.165, 1.54) is 32.7 Å². The highest BCUT2D eigenvalue weighted by atomic mass is 32.2. The number of rotatable bonds is 11. The van der Waals surface area contributed by atoms with Crippen molar-refractivity contribution in [3.63, 3.8) is 0 Å². The van der Waals surface area contributed by atoms with Crippen molar-refractivity contribution in [3.8, 4) is 17.2 Å². The first-order chi connectivity index (χ1) is 14.3. The molecule has 0 spiro atoms. The zero-order chi connectivity index (χ0) is 22.1. The summed E-state index contributed by atoms with van der Waals surface area (Å²) in [5.41, 5.74) is 0.743. The number of methoxy groups -OCH3 is 3. The first-order valence-electron chi connectivity index (χ1n) is 9.41. The van der Waals surface area contributed by atoms with Crippen molar-refractivity contribution >= 4 is 15.9 Å². The van der Waals surface area contributed by atoms with Crippen LogP contribution < -0.4 is 19.5 Å². The van der Waals surface area contributed by atoms with Crippen LogP contribution in [0.5, 0.6) is 17.2 Å². The molecular weight excluding hydrogens is 408 g/mol. The van der Waals surface area contributed by atoms with Crippen LogP contribution in [-0.4, -0.2) is 53.6 Å². The van der Waals surface area contributed by atoms with Gasteiger partial charge in [-0.1, -0.05) is 18.2 Å². The third-order valence-electron chi connectivity index (χ3n) is 4.59. The SMILES string of the molecule is COc1ccc(CNC(=O)CCCN(C)S(=O)(=O)c2ccccc2)c(OC)c1OC. The molecule has 0 unspecified atom stereocenters. The molecule has 2 rings (SSSR count). The number of carbonyl (C=O) groups excluding carboxylic acids is 1. The maximum Gasteiger partial charge on any atom is 0.242 e. The molecule has 164 valence electrons. The normalized spacial score (nSPS) is 11.2. The Morgan fingerprint density at radius 1 is 0.967 bits per heavy atom. The van der Waals surface area contributed by atoms with E-state index in [1.807, 2.05) is 0 Å². The second kappa shape index (κ2) is 10.8. The number of hydrogen-bond donors (Lipinski definition) is 1. The van der Waals surface area contributed by atoms with Crippen LogP contribution in [0.4, 0.5) is 0 Å². The van der Waals surface area contributed by atoms with Crippen molar-refractivity contribution in [2.45, 2.75) is 24.3 Å². The van der Waals surface area contributed by atoms with Gasteiger partial charge in [0.2, 0.25) is 21.7 Å². The van der Waals surface area contributed by atoms with E-state index in [-0.39, 0.29) is 30.3 Å². The third kappa shape index (κ3) is 5.64. The van der Waals surface area contributed by atoms with Gasteiger partial charge in [-0.2, -0.15) is 0 Å². The minimum Gasteiger partial charge on any atom is -0.493 e. The molecule has 0 saturated heterocycles. The van der Waals surface area contributed by atoms with Crippen molar-refractivity contribution < 1.29 is 27.4 Å². The molecule has 0 heterocycles. The summed E-state index contributed by atoms with van der Waals surface area (Å²) >= 11 is 0. The Balaban J connectivity index is 1.89. The summed E-state index contributed by atoms with van der Waals surface area (Å²) in [6.45, 7) is 0.491. The molecule has 8 nitrogen and oxygen atoms in total. The number of hydrogen-bond acceptors (Lipinski definition) is 6. The smallest absolute Gasteiger partial charge is 0.242 e. The topological polar surface area (TPSA) is 94.2 Å². The maximum absolute atomic E-state index is 12.5. The van der Waals surface area contributed by atoms with Crippen molar-refractivity contribution in [1.29, 1.82) is 0 Å². The van der Waals surface area contributed by atoms with Crippen LogP contribution in [0, 0.1) is 0 Å². The molecule has 30 heavy (non-hydrogen) atoms. The number of carbonyl (C=O) groups is 1. The summed E-state index contributed by atoms with van der Waals surface area (Å²) in [7, 11) is 2.52. The number of nitrogens with zero attached hydrogens (tertiary/aromatic N) is 1. The van der Waals surface area contributed by atoms with Crippen LogP contribution in [0.1, 0.15) is 18.4 Å². The van der Waals surface area contributed by atoms with Gasteiger partial charge in [0.15, 0.2) is 11.5 Å². The zero-order valence-corrected chi connectivity index (χ0v) is 18.5. The van der Waals surface area contributed by atoms with Crippen LogP contribution in [0.3, 0.4) is 0 Å². The highest BCUT2D eigenvalue weighted by Crippen LogP contribution is 2.39. The van der Waals surface area contributed by atoms with Gasteiger partial charge in [-0.15, -0.1) is 0 Å². The van der Waals surface area contributed by atoms with Crippen LogP contribution >= 0.6 is 0 Å². The van der Waals surface area contributed by atoms with Gasteiger partial charge < -0.3 is 19.5 Å². The van der Waals surface area contributed by atoms with Gasteiger partial charge in [0.25, 0.3) is 0 Å². The molecule has 1 N–H and O–H groups in total. The van der Waals surface area contributed by atoms with Gasteiger partial charge in [0.1, 0.15) is 0 Å². The molecule has 0 atom stereocenters. The lowest BCUT2D eigenvalue weighted by Gasteiger charge is -2.17. The van der Waals surface area contributed by atoms with Gasteiger partial charge in [0, 0.05) is 32.1 Å². The fourth-order valence-corrected chi connectivity index (χ4v) is 4.17. The van der Waals surface area contributed by atoms with Crippen LogP contribution in [0.2, 0.25) is 0 Å². The molecule has 0 aliphatic rings. The summed E-state index contributed by atoms with van der Waals surface area (Å²) < 4.78 is 42.2. The van der Waals surface area contributed by atoms with Gasteiger partial charge >= 0.3 is 0 Å². The number of benzene rings is 2. The Kier molecular flexibility index (Phi) is 8.49. The third-order valence-corrected chi connectivity index (χ3v) is 6.46. The van der Waals surface area contributed by atoms with E-state index >= 15 is 0 Å². The van der Waals surface area contributed by atoms with Gasteiger partial charge in [0.05, 0.1) is 26.2 Å². The number of ether oxygens (including phenoxy) is 3. The van der Waals surface area contributed by atoms with E-state index in [0.29, 0.717) is 23.7 Å². The molecule has 2 aromatic rings. The van der Waals surface area contributed by atoms with Crippen molar-refractivity contribution in [1.82, 2.24) is 9.62 Å². The summed E-state index contributed by atoms with van der Waals surface area (Å²) in [4.78, 5) is 12.5. The first-order valence-corrected chi connectivity index (χ1v) is 10.8. The largest absolute Gasteiger partial charge is 0.493 e. The second-order valence-electron chi connectivity index (χ2n) is 6.51. The fourth-order valence-electron chi connectivity index (χ4n) is 2.94. The van der Waals surface area contributed by atoms with Gasteiger partial charge in [-0.25, -0.2) is 12.7 Å². The van der Waals surface area contributed by atoms with Crippen LogP contribution in [0.25, 0.3) is 0 Å². The second-order valence-corrected chi connectivity index (χ2v) is 8.56. The van der Waals surface area contributed by atoms with E-state index in [9.17, 15) is 13.2 Å².